The SMILES string of the molecule is CCOc1cccc(-c2c(F)cccc2C(O)(CCCCOC)C2CN(C(=O)C3CC(N)C(O)C3)CCO2)c1. The molecular weight excluding hydrogens is 503 g/mol. The lowest BCUT2D eigenvalue weighted by Crippen LogP contribution is -2.55. The van der Waals surface area contributed by atoms with Crippen molar-refractivity contribution in [2.75, 3.05) is 40.0 Å². The number of methoxy groups -OCH3 is 1. The lowest BCUT2D eigenvalue weighted by molar-refractivity contribution is -0.167. The summed E-state index contributed by atoms with van der Waals surface area (Å²) in [5, 5.41) is 22.5. The maximum Gasteiger partial charge on any atom is 0.226 e. The van der Waals surface area contributed by atoms with E-state index in [0.29, 0.717) is 62.3 Å². The van der Waals surface area contributed by atoms with Crippen molar-refractivity contribution < 1.29 is 33.6 Å². The van der Waals surface area contributed by atoms with Crippen molar-refractivity contribution in [2.45, 2.75) is 62.9 Å². The highest BCUT2D eigenvalue weighted by atomic mass is 19.1. The van der Waals surface area contributed by atoms with Crippen LogP contribution in [0.15, 0.2) is 42.5 Å². The zero-order chi connectivity index (χ0) is 28.0. The van der Waals surface area contributed by atoms with Crippen LogP contribution in [0, 0.1) is 11.7 Å². The van der Waals surface area contributed by atoms with E-state index in [0.717, 1.165) is 0 Å². The number of ether oxygens (including phenoxy) is 3. The van der Waals surface area contributed by atoms with Gasteiger partial charge in [0.1, 0.15) is 23.3 Å². The number of carbonyl (C=O) groups excluding carboxylic acids is 1. The van der Waals surface area contributed by atoms with E-state index in [1.165, 1.54) is 6.07 Å². The van der Waals surface area contributed by atoms with E-state index in [9.17, 15) is 15.0 Å². The van der Waals surface area contributed by atoms with Crippen molar-refractivity contribution in [2.24, 2.45) is 11.7 Å². The van der Waals surface area contributed by atoms with E-state index < -0.39 is 29.7 Å². The number of hydrogen-bond donors (Lipinski definition) is 3. The Bertz CT molecular complexity index is 1110. The van der Waals surface area contributed by atoms with Gasteiger partial charge < -0.3 is 35.1 Å². The standard InChI is InChI=1S/C30H41FN2O6/c1-3-38-22-9-6-8-20(16-22)28-23(10-7-11-24(28)31)30(36,12-4-5-14-37-2)27-19-33(13-15-39-27)29(35)21-17-25(32)26(34)18-21/h6-11,16,21,25-27,34,36H,3-5,12-15,17-19,32H2,1-2H3. The first-order valence-corrected chi connectivity index (χ1v) is 13.9. The van der Waals surface area contributed by atoms with Gasteiger partial charge in [-0.25, -0.2) is 4.39 Å². The van der Waals surface area contributed by atoms with E-state index in [4.69, 9.17) is 19.9 Å². The third kappa shape index (κ3) is 6.61. The van der Waals surface area contributed by atoms with Gasteiger partial charge in [-0.3, -0.25) is 4.79 Å². The fourth-order valence-corrected chi connectivity index (χ4v) is 5.84. The van der Waals surface area contributed by atoms with E-state index in [1.807, 2.05) is 13.0 Å². The topological polar surface area (TPSA) is 114 Å². The van der Waals surface area contributed by atoms with Crippen LogP contribution in [0.1, 0.15) is 44.6 Å². The molecule has 0 bridgehead atoms. The zero-order valence-electron chi connectivity index (χ0n) is 22.9. The van der Waals surface area contributed by atoms with Crippen molar-refractivity contribution in [3.63, 3.8) is 0 Å². The molecule has 1 saturated carbocycles. The third-order valence-corrected chi connectivity index (χ3v) is 7.91. The Morgan fingerprint density at radius 2 is 2.03 bits per heavy atom. The monoisotopic (exact) mass is 544 g/mol. The summed E-state index contributed by atoms with van der Waals surface area (Å²) in [5.41, 5.74) is 5.65. The number of carbonyl (C=O) groups is 1. The number of halogens is 1. The number of amides is 1. The van der Waals surface area contributed by atoms with Crippen LogP contribution >= 0.6 is 0 Å². The number of nitrogens with two attached hydrogens (primary N) is 1. The maximum absolute atomic E-state index is 15.6. The fourth-order valence-electron chi connectivity index (χ4n) is 5.84. The van der Waals surface area contributed by atoms with Crippen LogP contribution in [0.4, 0.5) is 4.39 Å². The number of aliphatic hydroxyl groups is 2. The first kappa shape index (κ1) is 29.4. The first-order chi connectivity index (χ1) is 18.8. The molecule has 1 amide bonds. The maximum atomic E-state index is 15.6. The Morgan fingerprint density at radius 3 is 2.74 bits per heavy atom. The Balaban J connectivity index is 1.69. The number of morpholine rings is 1. The molecule has 2 aliphatic rings. The molecule has 0 aromatic heterocycles. The highest BCUT2D eigenvalue weighted by Crippen LogP contribution is 2.42. The predicted octanol–water partition coefficient (Wildman–Crippen LogP) is 3.22. The van der Waals surface area contributed by atoms with E-state index in [-0.39, 0.29) is 37.0 Å². The Morgan fingerprint density at radius 1 is 1.23 bits per heavy atom. The fraction of sp³-hybridized carbons (Fsp3) is 0.567. The van der Waals surface area contributed by atoms with Gasteiger partial charge in [-0.05, 0) is 68.4 Å². The number of hydrogen-bond acceptors (Lipinski definition) is 7. The lowest BCUT2D eigenvalue weighted by atomic mass is 9.78. The molecule has 2 aromatic carbocycles. The van der Waals surface area contributed by atoms with Crippen LogP contribution in [0.2, 0.25) is 0 Å². The zero-order valence-corrected chi connectivity index (χ0v) is 22.9. The summed E-state index contributed by atoms with van der Waals surface area (Å²) in [6.07, 6.45) is 0.871. The average molecular weight is 545 g/mol. The average Bonchev–Trinajstić information content (AvgIpc) is 3.28. The van der Waals surface area contributed by atoms with Crippen LogP contribution in [-0.2, 0) is 19.9 Å². The molecule has 9 heteroatoms. The second kappa shape index (κ2) is 13.2. The van der Waals surface area contributed by atoms with E-state index in [1.54, 1.807) is 42.3 Å². The summed E-state index contributed by atoms with van der Waals surface area (Å²) >= 11 is 0. The molecule has 4 rings (SSSR count). The van der Waals surface area contributed by atoms with Crippen molar-refractivity contribution in [1.29, 1.82) is 0 Å². The molecule has 2 fully saturated rings. The predicted molar refractivity (Wildman–Crippen MR) is 146 cm³/mol. The molecule has 5 unspecified atom stereocenters. The largest absolute Gasteiger partial charge is 0.494 e. The van der Waals surface area contributed by atoms with Gasteiger partial charge in [0, 0.05) is 37.8 Å². The minimum Gasteiger partial charge on any atom is -0.494 e. The van der Waals surface area contributed by atoms with Gasteiger partial charge in [-0.2, -0.15) is 0 Å². The summed E-state index contributed by atoms with van der Waals surface area (Å²) in [6.45, 7) is 3.65. The van der Waals surface area contributed by atoms with Gasteiger partial charge >= 0.3 is 0 Å². The molecule has 8 nitrogen and oxygen atoms in total. The molecule has 1 saturated heterocycles. The van der Waals surface area contributed by atoms with Crippen molar-refractivity contribution in [3.8, 4) is 16.9 Å². The second-order valence-electron chi connectivity index (χ2n) is 10.5. The molecule has 1 heterocycles. The highest BCUT2D eigenvalue weighted by Gasteiger charge is 2.46. The number of rotatable bonds is 11. The minimum atomic E-state index is -1.59. The lowest BCUT2D eigenvalue weighted by Gasteiger charge is -2.43. The number of unbranched alkanes of at least 4 members (excludes halogenated alkanes) is 1. The summed E-state index contributed by atoms with van der Waals surface area (Å²) in [7, 11) is 1.63. The normalized spacial score (nSPS) is 24.9. The molecule has 5 atom stereocenters. The quantitative estimate of drug-likeness (QED) is 0.372. The number of nitrogens with zero attached hydrogens (tertiary/aromatic N) is 1. The molecule has 0 spiro atoms. The van der Waals surface area contributed by atoms with Crippen LogP contribution < -0.4 is 10.5 Å². The Kier molecular flexibility index (Phi) is 9.96. The van der Waals surface area contributed by atoms with Gasteiger partial charge in [-0.1, -0.05) is 24.3 Å². The number of benzene rings is 2. The van der Waals surface area contributed by atoms with Crippen LogP contribution in [-0.4, -0.2) is 79.3 Å². The van der Waals surface area contributed by atoms with Crippen LogP contribution in [0.25, 0.3) is 11.1 Å². The van der Waals surface area contributed by atoms with Crippen LogP contribution in [0.5, 0.6) is 5.75 Å². The first-order valence-electron chi connectivity index (χ1n) is 13.9. The summed E-state index contributed by atoms with van der Waals surface area (Å²) < 4.78 is 32.6. The van der Waals surface area contributed by atoms with Crippen LogP contribution in [0.3, 0.4) is 0 Å². The Hall–Kier alpha value is -2.56. The van der Waals surface area contributed by atoms with E-state index in [2.05, 4.69) is 0 Å². The van der Waals surface area contributed by atoms with Crippen molar-refractivity contribution in [3.05, 3.63) is 53.8 Å². The molecule has 1 aliphatic heterocycles. The summed E-state index contributed by atoms with van der Waals surface area (Å²) in [6, 6.07) is 11.5. The van der Waals surface area contributed by atoms with Crippen molar-refractivity contribution in [1.82, 2.24) is 4.90 Å². The third-order valence-electron chi connectivity index (χ3n) is 7.91. The van der Waals surface area contributed by atoms with E-state index >= 15 is 4.39 Å². The van der Waals surface area contributed by atoms with Gasteiger partial charge in [0.25, 0.3) is 0 Å². The van der Waals surface area contributed by atoms with Gasteiger partial charge in [0.15, 0.2) is 0 Å². The molecular formula is C30H41FN2O6. The molecule has 39 heavy (non-hydrogen) atoms. The van der Waals surface area contributed by atoms with Gasteiger partial charge in [-0.15, -0.1) is 0 Å². The Labute approximate surface area is 229 Å². The summed E-state index contributed by atoms with van der Waals surface area (Å²) in [4.78, 5) is 15.1. The highest BCUT2D eigenvalue weighted by molar-refractivity contribution is 5.79. The second-order valence-corrected chi connectivity index (χ2v) is 10.5. The van der Waals surface area contributed by atoms with Gasteiger partial charge in [0.2, 0.25) is 5.91 Å². The molecule has 0 radical (unpaired) electrons. The summed E-state index contributed by atoms with van der Waals surface area (Å²) in [5.74, 6) is -0.319. The van der Waals surface area contributed by atoms with Crippen molar-refractivity contribution >= 4 is 5.91 Å². The number of aliphatic hydroxyl groups excluding tert-OH is 1. The molecule has 1 aliphatic carbocycles. The molecule has 214 valence electrons. The molecule has 4 N–H and O–H groups in total. The van der Waals surface area contributed by atoms with Gasteiger partial charge in [0.05, 0.1) is 25.9 Å². The minimum absolute atomic E-state index is 0.0964. The molecule has 2 aromatic rings. The smallest absolute Gasteiger partial charge is 0.226 e.